The van der Waals surface area contributed by atoms with Crippen molar-refractivity contribution in [1.29, 1.82) is 0 Å². The summed E-state index contributed by atoms with van der Waals surface area (Å²) in [5.74, 6) is -0.393. The number of hydrogen-bond acceptors (Lipinski definition) is 5. The van der Waals surface area contributed by atoms with Crippen molar-refractivity contribution in [2.45, 2.75) is 38.5 Å². The summed E-state index contributed by atoms with van der Waals surface area (Å²) >= 11 is -2.26. The molecule has 3 aromatic rings. The molecule has 172 valence electrons. The Labute approximate surface area is 190 Å². The zero-order chi connectivity index (χ0) is 22.9. The van der Waals surface area contributed by atoms with E-state index >= 15 is 0 Å². The first-order chi connectivity index (χ1) is 15.5. The van der Waals surface area contributed by atoms with E-state index in [4.69, 9.17) is 5.21 Å². The number of amides is 1. The summed E-state index contributed by atoms with van der Waals surface area (Å²) in [7, 11) is 1.93. The van der Waals surface area contributed by atoms with Crippen molar-refractivity contribution in [3.05, 3.63) is 54.2 Å². The molecule has 0 radical (unpaired) electrons. The van der Waals surface area contributed by atoms with Crippen LogP contribution in [0.1, 0.15) is 37.7 Å². The maximum atomic E-state index is 11.6. The summed E-state index contributed by atoms with van der Waals surface area (Å²) in [6.07, 6.45) is 5.84. The molecule has 0 aliphatic carbocycles. The standard InChI is InChI=1S/C23H30N4O4S/c1-26-22-16-20(11-12-21(22)17-24-26)19-9-7-18(8-10-19)13-15-27(32(30)31)14-5-3-2-4-6-23(28)25-29/h7-12,16-17,29H,2-6,13-15H2,1H3,(H,25,28)(H,30,31)/p-1. The van der Waals surface area contributed by atoms with Gasteiger partial charge in [0.25, 0.3) is 0 Å². The Morgan fingerprint density at radius 1 is 1.09 bits per heavy atom. The van der Waals surface area contributed by atoms with Gasteiger partial charge in [0.2, 0.25) is 5.91 Å². The van der Waals surface area contributed by atoms with Gasteiger partial charge in [0, 0.05) is 43.2 Å². The van der Waals surface area contributed by atoms with Crippen molar-refractivity contribution in [2.75, 3.05) is 13.1 Å². The van der Waals surface area contributed by atoms with Gasteiger partial charge in [0.1, 0.15) is 0 Å². The number of aromatic nitrogens is 2. The third kappa shape index (κ3) is 6.70. The zero-order valence-electron chi connectivity index (χ0n) is 18.2. The van der Waals surface area contributed by atoms with Crippen LogP contribution in [0, 0.1) is 0 Å². The SMILES string of the molecule is Cn1ncc2ccc(-c3ccc(CCN(CCCCCCC(=O)NO)S(=O)[O-])cc3)cc21. The van der Waals surface area contributed by atoms with Crippen LogP contribution in [0.15, 0.2) is 48.7 Å². The van der Waals surface area contributed by atoms with Crippen LogP contribution in [0.4, 0.5) is 0 Å². The fourth-order valence-electron chi connectivity index (χ4n) is 3.69. The predicted octanol–water partition coefficient (Wildman–Crippen LogP) is 3.33. The Hall–Kier alpha value is -2.59. The zero-order valence-corrected chi connectivity index (χ0v) is 19.0. The first-order valence-electron chi connectivity index (χ1n) is 10.8. The van der Waals surface area contributed by atoms with Gasteiger partial charge in [-0.25, -0.2) is 9.79 Å². The number of carbonyl (C=O) groups excluding carboxylic acids is 1. The molecule has 0 spiro atoms. The lowest BCUT2D eigenvalue weighted by Crippen LogP contribution is -2.29. The molecule has 9 heteroatoms. The van der Waals surface area contributed by atoms with Crippen LogP contribution in [0.5, 0.6) is 0 Å². The molecule has 0 fully saturated rings. The monoisotopic (exact) mass is 457 g/mol. The molecule has 0 aliphatic rings. The molecule has 1 heterocycles. The second-order valence-corrected chi connectivity index (χ2v) is 8.78. The van der Waals surface area contributed by atoms with Crippen LogP contribution >= 0.6 is 0 Å². The van der Waals surface area contributed by atoms with Crippen molar-refractivity contribution in [2.24, 2.45) is 7.05 Å². The number of nitrogens with zero attached hydrogens (tertiary/aromatic N) is 3. The number of hydroxylamine groups is 1. The summed E-state index contributed by atoms with van der Waals surface area (Å²) in [4.78, 5) is 11.0. The van der Waals surface area contributed by atoms with Gasteiger partial charge < -0.3 is 4.55 Å². The van der Waals surface area contributed by atoms with Gasteiger partial charge in [0.05, 0.1) is 11.7 Å². The van der Waals surface area contributed by atoms with Gasteiger partial charge in [-0.3, -0.25) is 18.9 Å². The quantitative estimate of drug-likeness (QED) is 0.188. The normalized spacial score (nSPS) is 12.4. The first-order valence-corrected chi connectivity index (χ1v) is 11.8. The second-order valence-electron chi connectivity index (χ2n) is 7.83. The topological polar surface area (TPSA) is 111 Å². The molecule has 0 saturated heterocycles. The minimum absolute atomic E-state index is 0.277. The Balaban J connectivity index is 1.48. The van der Waals surface area contributed by atoms with E-state index in [2.05, 4.69) is 35.4 Å². The fourth-order valence-corrected chi connectivity index (χ4v) is 4.20. The van der Waals surface area contributed by atoms with Crippen molar-refractivity contribution in [3.63, 3.8) is 0 Å². The van der Waals surface area contributed by atoms with Gasteiger partial charge in [0.15, 0.2) is 0 Å². The highest BCUT2D eigenvalue weighted by Gasteiger charge is 2.08. The number of nitrogens with one attached hydrogen (secondary N) is 1. The molecule has 8 nitrogen and oxygen atoms in total. The molecule has 3 rings (SSSR count). The van der Waals surface area contributed by atoms with Gasteiger partial charge in [-0.05, 0) is 42.0 Å². The second kappa shape index (κ2) is 11.9. The molecule has 1 aromatic heterocycles. The Bertz CT molecular complexity index is 1050. The van der Waals surface area contributed by atoms with E-state index in [1.807, 2.05) is 30.1 Å². The lowest BCUT2D eigenvalue weighted by atomic mass is 10.0. The minimum atomic E-state index is -2.26. The van der Waals surface area contributed by atoms with E-state index < -0.39 is 17.2 Å². The van der Waals surface area contributed by atoms with Gasteiger partial charge in [-0.2, -0.15) is 5.10 Å². The van der Waals surface area contributed by atoms with Crippen molar-refractivity contribution >= 4 is 28.1 Å². The van der Waals surface area contributed by atoms with Crippen LogP contribution in [-0.2, 0) is 29.5 Å². The number of benzene rings is 2. The maximum absolute atomic E-state index is 11.6. The summed E-state index contributed by atoms with van der Waals surface area (Å²) in [5, 5.41) is 13.8. The summed E-state index contributed by atoms with van der Waals surface area (Å²) in [5.41, 5.74) is 6.00. The number of unbranched alkanes of at least 4 members (excludes halogenated alkanes) is 3. The van der Waals surface area contributed by atoms with Crippen molar-refractivity contribution in [3.8, 4) is 11.1 Å². The number of hydrogen-bond donors (Lipinski definition) is 2. The van der Waals surface area contributed by atoms with E-state index in [9.17, 15) is 13.6 Å². The van der Waals surface area contributed by atoms with Crippen LogP contribution in [0.25, 0.3) is 22.0 Å². The highest BCUT2D eigenvalue weighted by atomic mass is 32.2. The number of fused-ring (bicyclic) bond motifs is 1. The van der Waals surface area contributed by atoms with Crippen molar-refractivity contribution in [1.82, 2.24) is 19.6 Å². The Morgan fingerprint density at radius 3 is 2.53 bits per heavy atom. The molecule has 1 unspecified atom stereocenters. The van der Waals surface area contributed by atoms with Crippen LogP contribution in [-0.4, -0.2) is 47.1 Å². The van der Waals surface area contributed by atoms with E-state index in [1.165, 1.54) is 4.31 Å². The average molecular weight is 458 g/mol. The van der Waals surface area contributed by atoms with Crippen molar-refractivity contribution < 1.29 is 18.8 Å². The molecule has 1 amide bonds. The van der Waals surface area contributed by atoms with Gasteiger partial charge in [-0.15, -0.1) is 0 Å². The lowest BCUT2D eigenvalue weighted by Gasteiger charge is -2.24. The van der Waals surface area contributed by atoms with E-state index in [-0.39, 0.29) is 6.42 Å². The van der Waals surface area contributed by atoms with Gasteiger partial charge >= 0.3 is 0 Å². The van der Waals surface area contributed by atoms with E-state index in [1.54, 1.807) is 5.48 Å². The molecule has 0 bridgehead atoms. The third-order valence-electron chi connectivity index (χ3n) is 5.58. The average Bonchev–Trinajstić information content (AvgIpc) is 3.18. The summed E-state index contributed by atoms with van der Waals surface area (Å²) in [6.45, 7) is 0.897. The molecule has 32 heavy (non-hydrogen) atoms. The molecule has 0 aliphatic heterocycles. The summed E-state index contributed by atoms with van der Waals surface area (Å²) in [6, 6.07) is 14.5. The predicted molar refractivity (Wildman–Crippen MR) is 123 cm³/mol. The number of aryl methyl sites for hydroxylation is 1. The molecule has 2 aromatic carbocycles. The maximum Gasteiger partial charge on any atom is 0.243 e. The number of rotatable bonds is 12. The fraction of sp³-hybridized carbons (Fsp3) is 0.391. The van der Waals surface area contributed by atoms with Crippen LogP contribution in [0.2, 0.25) is 0 Å². The highest BCUT2D eigenvalue weighted by molar-refractivity contribution is 7.76. The Morgan fingerprint density at radius 2 is 1.81 bits per heavy atom. The summed E-state index contributed by atoms with van der Waals surface area (Å²) < 4.78 is 26.4. The third-order valence-corrected chi connectivity index (χ3v) is 6.37. The molecular weight excluding hydrogens is 428 g/mol. The Kier molecular flexibility index (Phi) is 8.92. The van der Waals surface area contributed by atoms with E-state index in [0.717, 1.165) is 46.9 Å². The van der Waals surface area contributed by atoms with Gasteiger partial charge in [-0.1, -0.05) is 49.2 Å². The smallest absolute Gasteiger partial charge is 0.243 e. The lowest BCUT2D eigenvalue weighted by molar-refractivity contribution is -0.129. The molecule has 0 saturated carbocycles. The molecule has 1 atom stereocenters. The molecule has 2 N–H and O–H groups in total. The number of carbonyl (C=O) groups is 1. The van der Waals surface area contributed by atoms with Crippen LogP contribution in [0.3, 0.4) is 0 Å². The van der Waals surface area contributed by atoms with E-state index in [0.29, 0.717) is 25.9 Å². The molecular formula is C23H29N4O4S-. The first kappa shape index (κ1) is 24.1. The largest absolute Gasteiger partial charge is 0.760 e. The highest BCUT2D eigenvalue weighted by Crippen LogP contribution is 2.24. The van der Waals surface area contributed by atoms with Crippen LogP contribution < -0.4 is 5.48 Å². The minimum Gasteiger partial charge on any atom is -0.760 e.